The molecule has 6 rings (SSSR count). The summed E-state index contributed by atoms with van der Waals surface area (Å²) in [5.41, 5.74) is 3.51. The highest BCUT2D eigenvalue weighted by atomic mass is 15.3. The van der Waals surface area contributed by atoms with Crippen LogP contribution in [0, 0.1) is 0 Å². The van der Waals surface area contributed by atoms with E-state index in [0.29, 0.717) is 0 Å². The molecule has 0 fully saturated rings. The maximum Gasteiger partial charge on any atom is 0.258 e. The Kier molecular flexibility index (Phi) is 2.34. The zero-order valence-electron chi connectivity index (χ0n) is 13.8. The largest absolute Gasteiger partial charge is 0.259 e. The molecule has 0 amide bonds. The highest BCUT2D eigenvalue weighted by Gasteiger charge is 2.37. The molecular formula is C22H16N3+. The second kappa shape index (κ2) is 4.45. The summed E-state index contributed by atoms with van der Waals surface area (Å²) in [6.45, 7) is 2.24. The van der Waals surface area contributed by atoms with E-state index in [1.165, 1.54) is 32.8 Å². The smallest absolute Gasteiger partial charge is 0.258 e. The molecule has 2 aromatic heterocycles. The molecule has 3 heterocycles. The molecule has 5 aromatic rings. The molecule has 0 saturated heterocycles. The number of fused-ring (bicyclic) bond motifs is 9. The Morgan fingerprint density at radius 1 is 0.840 bits per heavy atom. The Bertz CT molecular complexity index is 1310. The lowest BCUT2D eigenvalue weighted by Gasteiger charge is -2.06. The number of aromatic nitrogens is 3. The number of hydrogen-bond acceptors (Lipinski definition) is 1. The third-order valence-corrected chi connectivity index (χ3v) is 5.46. The van der Waals surface area contributed by atoms with Crippen LogP contribution in [0.2, 0.25) is 0 Å². The first-order chi connectivity index (χ1) is 12.3. The third-order valence-electron chi connectivity index (χ3n) is 5.46. The summed E-state index contributed by atoms with van der Waals surface area (Å²) >= 11 is 0. The average Bonchev–Trinajstić information content (AvgIpc) is 3.18. The Hall–Kier alpha value is -3.20. The van der Waals surface area contributed by atoms with Crippen molar-refractivity contribution in [2.24, 2.45) is 0 Å². The topological polar surface area (TPSA) is 21.7 Å². The lowest BCUT2D eigenvalue weighted by atomic mass is 10.1. The Balaban J connectivity index is 1.80. The fraction of sp³-hybridized carbons (Fsp3) is 0.0909. The van der Waals surface area contributed by atoms with Crippen molar-refractivity contribution in [1.29, 1.82) is 0 Å². The van der Waals surface area contributed by atoms with Gasteiger partial charge in [0.25, 0.3) is 5.69 Å². The fourth-order valence-corrected chi connectivity index (χ4v) is 4.28. The van der Waals surface area contributed by atoms with E-state index < -0.39 is 0 Å². The third kappa shape index (κ3) is 1.55. The summed E-state index contributed by atoms with van der Waals surface area (Å²) in [7, 11) is 0. The first-order valence-corrected chi connectivity index (χ1v) is 8.66. The molecular weight excluding hydrogens is 306 g/mol. The van der Waals surface area contributed by atoms with Gasteiger partial charge in [-0.15, -0.1) is 0 Å². The summed E-state index contributed by atoms with van der Waals surface area (Å²) in [6, 6.07) is 23.7. The summed E-state index contributed by atoms with van der Waals surface area (Å²) in [6.07, 6.45) is 2.41. The van der Waals surface area contributed by atoms with Gasteiger partial charge in [0.1, 0.15) is 0 Å². The van der Waals surface area contributed by atoms with E-state index in [4.69, 9.17) is 4.98 Å². The van der Waals surface area contributed by atoms with E-state index in [1.807, 2.05) is 0 Å². The SMILES string of the molecule is CC1n2c(nc3c4ccccc4ccc32)-c2c3ccccc3cc[n+]21. The van der Waals surface area contributed by atoms with Crippen molar-refractivity contribution in [3.8, 4) is 11.5 Å². The van der Waals surface area contributed by atoms with Crippen LogP contribution >= 0.6 is 0 Å². The van der Waals surface area contributed by atoms with Gasteiger partial charge in [-0.25, -0.2) is 4.98 Å². The Labute approximate surface area is 144 Å². The van der Waals surface area contributed by atoms with Crippen molar-refractivity contribution in [1.82, 2.24) is 9.55 Å². The predicted molar refractivity (Wildman–Crippen MR) is 100 cm³/mol. The van der Waals surface area contributed by atoms with E-state index in [9.17, 15) is 0 Å². The van der Waals surface area contributed by atoms with Crippen LogP contribution in [0.25, 0.3) is 44.1 Å². The summed E-state index contributed by atoms with van der Waals surface area (Å²) in [5.74, 6) is 1.07. The van der Waals surface area contributed by atoms with Crippen LogP contribution in [0.5, 0.6) is 0 Å². The van der Waals surface area contributed by atoms with E-state index in [1.54, 1.807) is 0 Å². The monoisotopic (exact) mass is 322 g/mol. The lowest BCUT2D eigenvalue weighted by Crippen LogP contribution is -2.38. The molecule has 0 N–H and O–H groups in total. The van der Waals surface area contributed by atoms with E-state index in [0.717, 1.165) is 11.3 Å². The highest BCUT2D eigenvalue weighted by Crippen LogP contribution is 2.37. The maximum absolute atomic E-state index is 5.11. The standard InChI is InChI=1S/C22H16N3/c1-14-24-13-12-16-7-3-5-9-18(16)21(24)22-23-20-17-8-4-2-6-15(17)10-11-19(20)25(14)22/h2-14H,1H3/q+1. The van der Waals surface area contributed by atoms with E-state index in [-0.39, 0.29) is 6.17 Å². The molecule has 0 saturated carbocycles. The molecule has 0 spiro atoms. The van der Waals surface area contributed by atoms with Gasteiger partial charge in [0.2, 0.25) is 12.0 Å². The average molecular weight is 322 g/mol. The molecule has 118 valence electrons. The van der Waals surface area contributed by atoms with Crippen molar-refractivity contribution in [2.75, 3.05) is 0 Å². The van der Waals surface area contributed by atoms with Gasteiger partial charge >= 0.3 is 0 Å². The van der Waals surface area contributed by atoms with Crippen LogP contribution in [0.4, 0.5) is 0 Å². The highest BCUT2D eigenvalue weighted by molar-refractivity contribution is 6.06. The minimum absolute atomic E-state index is 0.223. The van der Waals surface area contributed by atoms with Crippen LogP contribution in [0.1, 0.15) is 13.1 Å². The van der Waals surface area contributed by atoms with Gasteiger partial charge in [-0.1, -0.05) is 48.5 Å². The molecule has 3 nitrogen and oxygen atoms in total. The second-order valence-corrected chi connectivity index (χ2v) is 6.75. The first kappa shape index (κ1) is 13.1. The van der Waals surface area contributed by atoms with Crippen molar-refractivity contribution < 1.29 is 4.57 Å². The molecule has 1 aliphatic heterocycles. The Morgan fingerprint density at radius 2 is 1.56 bits per heavy atom. The first-order valence-electron chi connectivity index (χ1n) is 8.66. The minimum Gasteiger partial charge on any atom is -0.259 e. The van der Waals surface area contributed by atoms with Crippen LogP contribution in [0.3, 0.4) is 0 Å². The van der Waals surface area contributed by atoms with Crippen molar-refractivity contribution in [3.63, 3.8) is 0 Å². The van der Waals surface area contributed by atoms with Crippen LogP contribution in [0.15, 0.2) is 72.9 Å². The molecule has 0 aliphatic carbocycles. The van der Waals surface area contributed by atoms with Crippen LogP contribution < -0.4 is 4.57 Å². The minimum atomic E-state index is 0.223. The van der Waals surface area contributed by atoms with Gasteiger partial charge in [-0.2, -0.15) is 4.57 Å². The van der Waals surface area contributed by atoms with Gasteiger partial charge in [0.05, 0.1) is 16.4 Å². The van der Waals surface area contributed by atoms with Crippen molar-refractivity contribution >= 4 is 32.6 Å². The molecule has 3 heteroatoms. The predicted octanol–water partition coefficient (Wildman–Crippen LogP) is 4.68. The number of benzene rings is 3. The maximum atomic E-state index is 5.11. The number of hydrogen-bond donors (Lipinski definition) is 0. The quantitative estimate of drug-likeness (QED) is 0.379. The van der Waals surface area contributed by atoms with Gasteiger partial charge in [-0.05, 0) is 22.9 Å². The van der Waals surface area contributed by atoms with E-state index in [2.05, 4.69) is 89.0 Å². The van der Waals surface area contributed by atoms with E-state index >= 15 is 0 Å². The fourth-order valence-electron chi connectivity index (χ4n) is 4.28. The summed E-state index contributed by atoms with van der Waals surface area (Å²) in [5, 5.41) is 4.98. The van der Waals surface area contributed by atoms with Crippen LogP contribution in [-0.2, 0) is 0 Å². The van der Waals surface area contributed by atoms with Gasteiger partial charge in [-0.3, -0.25) is 4.57 Å². The second-order valence-electron chi connectivity index (χ2n) is 6.75. The summed E-state index contributed by atoms with van der Waals surface area (Å²) < 4.78 is 4.70. The molecule has 0 bridgehead atoms. The molecule has 1 unspecified atom stereocenters. The van der Waals surface area contributed by atoms with Crippen LogP contribution in [-0.4, -0.2) is 9.55 Å². The zero-order chi connectivity index (χ0) is 16.5. The number of pyridine rings is 1. The van der Waals surface area contributed by atoms with Gasteiger partial charge in [0, 0.05) is 18.4 Å². The van der Waals surface area contributed by atoms with Crippen molar-refractivity contribution in [3.05, 3.63) is 72.9 Å². The number of rotatable bonds is 0. The summed E-state index contributed by atoms with van der Waals surface area (Å²) in [4.78, 5) is 5.11. The van der Waals surface area contributed by atoms with Gasteiger partial charge < -0.3 is 0 Å². The molecule has 1 atom stereocenters. The molecule has 3 aromatic carbocycles. The lowest BCUT2D eigenvalue weighted by molar-refractivity contribution is -0.704. The molecule has 25 heavy (non-hydrogen) atoms. The number of imidazole rings is 1. The zero-order valence-corrected chi connectivity index (χ0v) is 13.8. The molecule has 1 aliphatic rings. The Morgan fingerprint density at radius 3 is 2.40 bits per heavy atom. The number of nitrogens with zero attached hydrogens (tertiary/aromatic N) is 3. The molecule has 0 radical (unpaired) electrons. The van der Waals surface area contributed by atoms with Gasteiger partial charge in [0.15, 0.2) is 6.20 Å². The van der Waals surface area contributed by atoms with Crippen molar-refractivity contribution in [2.45, 2.75) is 13.1 Å². The normalized spacial score (nSPS) is 15.8.